The van der Waals surface area contributed by atoms with Crippen molar-refractivity contribution in [2.45, 2.75) is 31.7 Å². The number of carboxylic acid groups (broad SMARTS) is 1. The van der Waals surface area contributed by atoms with Crippen molar-refractivity contribution >= 4 is 23.3 Å². The average molecular weight is 450 g/mol. The summed E-state index contributed by atoms with van der Waals surface area (Å²) in [5, 5.41) is 29.1. The number of halogens is 1. The molecule has 0 saturated carbocycles. The number of ether oxygens (including phenoxy) is 2. The highest BCUT2D eigenvalue weighted by Gasteiger charge is 2.32. The predicted octanol–water partition coefficient (Wildman–Crippen LogP) is 3.56. The van der Waals surface area contributed by atoms with Crippen LogP contribution in [0.5, 0.6) is 0 Å². The molecule has 0 amide bonds. The molecular weight excluding hydrogens is 431 g/mol. The van der Waals surface area contributed by atoms with Crippen LogP contribution in [0.25, 0.3) is 0 Å². The number of non-ortho nitro benzene ring substituents is 2. The van der Waals surface area contributed by atoms with Gasteiger partial charge in [-0.25, -0.2) is 14.0 Å². The van der Waals surface area contributed by atoms with E-state index in [-0.39, 0.29) is 35.5 Å². The number of alkyl halides is 1. The Morgan fingerprint density at radius 2 is 1.50 bits per heavy atom. The van der Waals surface area contributed by atoms with Crippen molar-refractivity contribution in [2.24, 2.45) is 0 Å². The van der Waals surface area contributed by atoms with E-state index < -0.39 is 40.2 Å². The Morgan fingerprint density at radius 1 is 1.03 bits per heavy atom. The van der Waals surface area contributed by atoms with Crippen molar-refractivity contribution in [3.8, 4) is 0 Å². The van der Waals surface area contributed by atoms with Gasteiger partial charge in [-0.2, -0.15) is 0 Å². The van der Waals surface area contributed by atoms with Crippen LogP contribution in [0.2, 0.25) is 0 Å². The van der Waals surface area contributed by atoms with Crippen LogP contribution >= 0.6 is 0 Å². The van der Waals surface area contributed by atoms with Gasteiger partial charge in [-0.1, -0.05) is 0 Å². The molecule has 0 bridgehead atoms. The van der Waals surface area contributed by atoms with Gasteiger partial charge in [0.1, 0.15) is 12.8 Å². The quantitative estimate of drug-likeness (QED) is 0.394. The molecule has 11 nitrogen and oxygen atoms in total. The zero-order valence-corrected chi connectivity index (χ0v) is 16.8. The Morgan fingerprint density at radius 3 is 1.88 bits per heavy atom. The second-order valence-corrected chi connectivity index (χ2v) is 6.73. The van der Waals surface area contributed by atoms with Gasteiger partial charge in [0.25, 0.3) is 11.4 Å². The molecule has 170 valence electrons. The molecule has 0 spiro atoms. The van der Waals surface area contributed by atoms with Gasteiger partial charge < -0.3 is 14.6 Å². The van der Waals surface area contributed by atoms with E-state index in [4.69, 9.17) is 14.6 Å². The van der Waals surface area contributed by atoms with E-state index >= 15 is 0 Å². The van der Waals surface area contributed by atoms with Crippen LogP contribution in [0.3, 0.4) is 0 Å². The lowest BCUT2D eigenvalue weighted by atomic mass is 10.2. The molecule has 32 heavy (non-hydrogen) atoms. The van der Waals surface area contributed by atoms with Crippen molar-refractivity contribution in [3.05, 3.63) is 79.9 Å². The SMILES string of the molecule is CC1OC(COC(=O)c2ccc([N+](=O)[O-])cc2)CC1F.O=C(O)c1ccc([N+](=O)[O-])cc1. The number of benzene rings is 2. The first kappa shape index (κ1) is 24.3. The molecule has 1 aliphatic rings. The summed E-state index contributed by atoms with van der Waals surface area (Å²) in [5.74, 6) is -1.71. The monoisotopic (exact) mass is 450 g/mol. The molecular formula is C20H19FN2O9. The summed E-state index contributed by atoms with van der Waals surface area (Å²) in [5.41, 5.74) is 0.0359. The van der Waals surface area contributed by atoms with Gasteiger partial charge in [-0.15, -0.1) is 0 Å². The second-order valence-electron chi connectivity index (χ2n) is 6.73. The van der Waals surface area contributed by atoms with Crippen LogP contribution in [0.1, 0.15) is 34.1 Å². The first-order valence-corrected chi connectivity index (χ1v) is 9.27. The summed E-state index contributed by atoms with van der Waals surface area (Å²) in [7, 11) is 0. The molecule has 12 heteroatoms. The average Bonchev–Trinajstić information content (AvgIpc) is 3.09. The highest BCUT2D eigenvalue weighted by Crippen LogP contribution is 2.23. The Hall–Kier alpha value is -3.93. The van der Waals surface area contributed by atoms with E-state index in [0.29, 0.717) is 0 Å². The van der Waals surface area contributed by atoms with Gasteiger partial charge in [0.2, 0.25) is 0 Å². The topological polar surface area (TPSA) is 159 Å². The van der Waals surface area contributed by atoms with Crippen LogP contribution in [-0.2, 0) is 9.47 Å². The lowest BCUT2D eigenvalue weighted by Gasteiger charge is -2.11. The van der Waals surface area contributed by atoms with E-state index in [1.807, 2.05) is 0 Å². The summed E-state index contributed by atoms with van der Waals surface area (Å²) in [4.78, 5) is 41.5. The third kappa shape index (κ3) is 6.80. The molecule has 3 unspecified atom stereocenters. The number of carbonyl (C=O) groups excluding carboxylic acids is 1. The molecule has 3 rings (SSSR count). The van der Waals surface area contributed by atoms with Crippen molar-refractivity contribution in [1.29, 1.82) is 0 Å². The lowest BCUT2D eigenvalue weighted by molar-refractivity contribution is -0.385. The van der Waals surface area contributed by atoms with Crippen LogP contribution in [0.4, 0.5) is 15.8 Å². The fraction of sp³-hybridized carbons (Fsp3) is 0.300. The number of nitrogens with zero attached hydrogens (tertiary/aromatic N) is 2. The third-order valence-electron chi connectivity index (χ3n) is 4.44. The van der Waals surface area contributed by atoms with Crippen LogP contribution in [0, 0.1) is 20.2 Å². The lowest BCUT2D eigenvalue weighted by Crippen LogP contribution is -2.19. The van der Waals surface area contributed by atoms with E-state index in [2.05, 4.69) is 0 Å². The summed E-state index contributed by atoms with van der Waals surface area (Å²) in [6.07, 6.45) is -1.77. The number of nitro groups is 2. The third-order valence-corrected chi connectivity index (χ3v) is 4.44. The Kier molecular flexibility index (Phi) is 8.30. The maximum absolute atomic E-state index is 13.2. The molecule has 1 N–H and O–H groups in total. The maximum atomic E-state index is 13.2. The molecule has 0 radical (unpaired) electrons. The van der Waals surface area contributed by atoms with E-state index in [0.717, 1.165) is 12.1 Å². The first-order chi connectivity index (χ1) is 15.1. The summed E-state index contributed by atoms with van der Waals surface area (Å²) < 4.78 is 23.5. The largest absolute Gasteiger partial charge is 0.478 e. The van der Waals surface area contributed by atoms with Gasteiger partial charge in [0.15, 0.2) is 0 Å². The summed E-state index contributed by atoms with van der Waals surface area (Å²) >= 11 is 0. The van der Waals surface area contributed by atoms with Crippen LogP contribution in [0.15, 0.2) is 48.5 Å². The van der Waals surface area contributed by atoms with Gasteiger partial charge in [-0.05, 0) is 31.2 Å². The zero-order valence-electron chi connectivity index (χ0n) is 16.8. The normalized spacial score (nSPS) is 19.4. The van der Waals surface area contributed by atoms with E-state index in [9.17, 15) is 34.2 Å². The van der Waals surface area contributed by atoms with Crippen molar-refractivity contribution < 1.29 is 38.4 Å². The summed E-state index contributed by atoms with van der Waals surface area (Å²) in [6, 6.07) is 9.78. The van der Waals surface area contributed by atoms with Crippen molar-refractivity contribution in [2.75, 3.05) is 6.61 Å². The smallest absolute Gasteiger partial charge is 0.338 e. The first-order valence-electron chi connectivity index (χ1n) is 9.27. The zero-order chi connectivity index (χ0) is 23.8. The Balaban J connectivity index is 0.000000258. The van der Waals surface area contributed by atoms with Gasteiger partial charge in [0.05, 0.1) is 33.2 Å². The number of carbonyl (C=O) groups is 2. The highest BCUT2D eigenvalue weighted by atomic mass is 19.1. The number of nitro benzene ring substituents is 2. The van der Waals surface area contributed by atoms with Crippen LogP contribution in [-0.4, -0.2) is 51.9 Å². The fourth-order valence-electron chi connectivity index (χ4n) is 2.69. The second kappa shape index (κ2) is 10.9. The molecule has 1 heterocycles. The summed E-state index contributed by atoms with van der Waals surface area (Å²) in [6.45, 7) is 1.60. The highest BCUT2D eigenvalue weighted by molar-refractivity contribution is 5.89. The number of esters is 1. The molecule has 0 aromatic heterocycles. The minimum absolute atomic E-state index is 0.0272. The molecule has 1 fully saturated rings. The van der Waals surface area contributed by atoms with Gasteiger partial charge >= 0.3 is 11.9 Å². The van der Waals surface area contributed by atoms with Crippen molar-refractivity contribution in [1.82, 2.24) is 0 Å². The standard InChI is InChI=1S/C13H14FNO5.C7H5NO4/c1-8-12(14)6-11(20-8)7-19-13(16)9-2-4-10(5-3-9)15(17)18;9-7(10)5-1-3-6(4-2-5)8(11)12/h2-5,8,11-12H,6-7H2,1H3;1-4H,(H,9,10). The van der Waals surface area contributed by atoms with Gasteiger partial charge in [-0.3, -0.25) is 20.2 Å². The fourth-order valence-corrected chi connectivity index (χ4v) is 2.69. The van der Waals surface area contributed by atoms with E-state index in [1.165, 1.54) is 36.4 Å². The molecule has 2 aromatic rings. The maximum Gasteiger partial charge on any atom is 0.338 e. The Labute approximate surface area is 180 Å². The minimum atomic E-state index is -1.09. The van der Waals surface area contributed by atoms with Crippen molar-refractivity contribution in [3.63, 3.8) is 0 Å². The minimum Gasteiger partial charge on any atom is -0.478 e. The molecule has 0 aliphatic carbocycles. The molecule has 1 aliphatic heterocycles. The number of aromatic carboxylic acids is 1. The molecule has 3 atom stereocenters. The van der Waals surface area contributed by atoms with Crippen LogP contribution < -0.4 is 0 Å². The number of hydrogen-bond donors (Lipinski definition) is 1. The van der Waals surface area contributed by atoms with E-state index in [1.54, 1.807) is 6.92 Å². The number of carboxylic acids is 1. The van der Waals surface area contributed by atoms with Gasteiger partial charge in [0, 0.05) is 30.7 Å². The number of rotatable bonds is 6. The molecule has 2 aromatic carbocycles. The predicted molar refractivity (Wildman–Crippen MR) is 107 cm³/mol. The molecule has 1 saturated heterocycles. The number of hydrogen-bond acceptors (Lipinski definition) is 8. The Bertz CT molecular complexity index is 937.